The molecule has 5 nitrogen and oxygen atoms in total. The van der Waals surface area contributed by atoms with Crippen molar-refractivity contribution in [3.8, 4) is 5.75 Å². The Bertz CT molecular complexity index is 769. The van der Waals surface area contributed by atoms with E-state index in [2.05, 4.69) is 5.32 Å². The van der Waals surface area contributed by atoms with E-state index in [1.165, 1.54) is 5.56 Å². The van der Waals surface area contributed by atoms with Gasteiger partial charge in [0.15, 0.2) is 0 Å². The second kappa shape index (κ2) is 8.04. The minimum Gasteiger partial charge on any atom is -0.497 e. The lowest BCUT2D eigenvalue weighted by atomic mass is 10.1. The van der Waals surface area contributed by atoms with Crippen LogP contribution in [0.2, 0.25) is 0 Å². The summed E-state index contributed by atoms with van der Waals surface area (Å²) >= 11 is 0. The molecule has 1 fully saturated rings. The SMILES string of the molecule is COc1ccc(NC(=O)C2CCCN2C(=O)Cc2ccc(C)cc2)cc1. The van der Waals surface area contributed by atoms with Gasteiger partial charge in [-0.25, -0.2) is 0 Å². The van der Waals surface area contributed by atoms with Crippen LogP contribution in [-0.2, 0) is 16.0 Å². The fourth-order valence-electron chi connectivity index (χ4n) is 3.22. The molecule has 2 aromatic carbocycles. The van der Waals surface area contributed by atoms with Gasteiger partial charge in [-0.3, -0.25) is 9.59 Å². The summed E-state index contributed by atoms with van der Waals surface area (Å²) in [4.78, 5) is 27.0. The highest BCUT2D eigenvalue weighted by Crippen LogP contribution is 2.22. The molecule has 1 aliphatic heterocycles. The number of anilines is 1. The van der Waals surface area contributed by atoms with Crippen LogP contribution < -0.4 is 10.1 Å². The summed E-state index contributed by atoms with van der Waals surface area (Å²) in [5.41, 5.74) is 2.84. The minimum absolute atomic E-state index is 0.00114. The molecule has 3 rings (SSSR count). The zero-order valence-corrected chi connectivity index (χ0v) is 15.2. The molecular formula is C21H24N2O3. The van der Waals surface area contributed by atoms with Gasteiger partial charge in [-0.15, -0.1) is 0 Å². The van der Waals surface area contributed by atoms with E-state index >= 15 is 0 Å². The van der Waals surface area contributed by atoms with E-state index in [0.717, 1.165) is 17.7 Å². The van der Waals surface area contributed by atoms with Gasteiger partial charge in [0.1, 0.15) is 11.8 Å². The van der Waals surface area contributed by atoms with Crippen LogP contribution in [0.1, 0.15) is 24.0 Å². The number of nitrogens with one attached hydrogen (secondary N) is 1. The van der Waals surface area contributed by atoms with Gasteiger partial charge in [0.2, 0.25) is 11.8 Å². The lowest BCUT2D eigenvalue weighted by molar-refractivity contribution is -0.136. The number of amides is 2. The molecule has 1 saturated heterocycles. The molecule has 2 aromatic rings. The monoisotopic (exact) mass is 352 g/mol. The summed E-state index contributed by atoms with van der Waals surface area (Å²) in [7, 11) is 1.60. The number of hydrogen-bond donors (Lipinski definition) is 1. The van der Waals surface area contributed by atoms with Crippen LogP contribution in [0, 0.1) is 6.92 Å². The molecule has 26 heavy (non-hydrogen) atoms. The average molecular weight is 352 g/mol. The summed E-state index contributed by atoms with van der Waals surface area (Å²) in [6, 6.07) is 14.7. The van der Waals surface area contributed by atoms with Crippen molar-refractivity contribution in [1.29, 1.82) is 0 Å². The normalized spacial score (nSPS) is 16.4. The molecule has 136 valence electrons. The third kappa shape index (κ3) is 4.23. The Labute approximate surface area is 154 Å². The molecule has 0 radical (unpaired) electrons. The number of carbonyl (C=O) groups excluding carboxylic acids is 2. The van der Waals surface area contributed by atoms with Crippen LogP contribution in [0.5, 0.6) is 5.75 Å². The molecule has 0 aliphatic carbocycles. The predicted octanol–water partition coefficient (Wildman–Crippen LogP) is 3.18. The third-order valence-corrected chi connectivity index (χ3v) is 4.71. The van der Waals surface area contributed by atoms with Crippen molar-refractivity contribution in [2.75, 3.05) is 19.0 Å². The maximum Gasteiger partial charge on any atom is 0.247 e. The molecule has 2 amide bonds. The molecular weight excluding hydrogens is 328 g/mol. The Hall–Kier alpha value is -2.82. The van der Waals surface area contributed by atoms with Gasteiger partial charge < -0.3 is 15.0 Å². The molecule has 0 bridgehead atoms. The molecule has 0 saturated carbocycles. The molecule has 5 heteroatoms. The second-order valence-electron chi connectivity index (χ2n) is 6.63. The standard InChI is InChI=1S/C21H24N2O3/c1-15-5-7-16(8-6-15)14-20(24)23-13-3-4-19(23)21(25)22-17-9-11-18(26-2)12-10-17/h5-12,19H,3-4,13-14H2,1-2H3,(H,22,25). The first kappa shape index (κ1) is 18.0. The van der Waals surface area contributed by atoms with Crippen LogP contribution >= 0.6 is 0 Å². The lowest BCUT2D eigenvalue weighted by Gasteiger charge is -2.24. The van der Waals surface area contributed by atoms with Crippen LogP contribution in [0.15, 0.2) is 48.5 Å². The van der Waals surface area contributed by atoms with Gasteiger partial charge in [-0.2, -0.15) is 0 Å². The Morgan fingerprint density at radius 3 is 2.46 bits per heavy atom. The first-order valence-electron chi connectivity index (χ1n) is 8.87. The highest BCUT2D eigenvalue weighted by Gasteiger charge is 2.33. The van der Waals surface area contributed by atoms with Crippen LogP contribution in [0.3, 0.4) is 0 Å². The van der Waals surface area contributed by atoms with E-state index in [1.807, 2.05) is 31.2 Å². The maximum atomic E-state index is 12.7. The quantitative estimate of drug-likeness (QED) is 0.899. The second-order valence-corrected chi connectivity index (χ2v) is 6.63. The number of benzene rings is 2. The van der Waals surface area contributed by atoms with Crippen molar-refractivity contribution in [2.24, 2.45) is 0 Å². The van der Waals surface area contributed by atoms with E-state index in [0.29, 0.717) is 25.1 Å². The van der Waals surface area contributed by atoms with E-state index in [-0.39, 0.29) is 11.8 Å². The van der Waals surface area contributed by atoms with E-state index in [4.69, 9.17) is 4.74 Å². The summed E-state index contributed by atoms with van der Waals surface area (Å²) in [5, 5.41) is 2.90. The number of rotatable bonds is 5. The number of nitrogens with zero attached hydrogens (tertiary/aromatic N) is 1. The zero-order chi connectivity index (χ0) is 18.5. The molecule has 0 spiro atoms. The van der Waals surface area contributed by atoms with E-state index in [1.54, 1.807) is 36.3 Å². The van der Waals surface area contributed by atoms with Crippen molar-refractivity contribution in [3.05, 3.63) is 59.7 Å². The first-order chi connectivity index (χ1) is 12.6. The number of ether oxygens (including phenoxy) is 1. The molecule has 1 unspecified atom stereocenters. The summed E-state index contributed by atoms with van der Waals surface area (Å²) in [6.45, 7) is 2.65. The average Bonchev–Trinajstić information content (AvgIpc) is 3.14. The van der Waals surface area contributed by atoms with Crippen molar-refractivity contribution >= 4 is 17.5 Å². The Balaban J connectivity index is 1.63. The van der Waals surface area contributed by atoms with Crippen LogP contribution in [0.4, 0.5) is 5.69 Å². The summed E-state index contributed by atoms with van der Waals surface area (Å²) in [5.74, 6) is 0.602. The number of carbonyl (C=O) groups is 2. The number of likely N-dealkylation sites (tertiary alicyclic amines) is 1. The summed E-state index contributed by atoms with van der Waals surface area (Å²) in [6.07, 6.45) is 1.87. The van der Waals surface area contributed by atoms with Crippen molar-refractivity contribution in [3.63, 3.8) is 0 Å². The number of aryl methyl sites for hydroxylation is 1. The first-order valence-corrected chi connectivity index (χ1v) is 8.87. The highest BCUT2D eigenvalue weighted by atomic mass is 16.5. The number of methoxy groups -OCH3 is 1. The smallest absolute Gasteiger partial charge is 0.247 e. The fraction of sp³-hybridized carbons (Fsp3) is 0.333. The minimum atomic E-state index is -0.407. The largest absolute Gasteiger partial charge is 0.497 e. The zero-order valence-electron chi connectivity index (χ0n) is 15.2. The van der Waals surface area contributed by atoms with E-state index in [9.17, 15) is 9.59 Å². The Kier molecular flexibility index (Phi) is 5.56. The highest BCUT2D eigenvalue weighted by molar-refractivity contribution is 5.97. The Morgan fingerprint density at radius 1 is 1.12 bits per heavy atom. The summed E-state index contributed by atoms with van der Waals surface area (Å²) < 4.78 is 5.12. The maximum absolute atomic E-state index is 12.7. The van der Waals surface area contributed by atoms with Gasteiger partial charge in [0.25, 0.3) is 0 Å². The molecule has 1 N–H and O–H groups in total. The number of hydrogen-bond acceptors (Lipinski definition) is 3. The van der Waals surface area contributed by atoms with Crippen molar-refractivity contribution in [1.82, 2.24) is 4.90 Å². The molecule has 1 heterocycles. The van der Waals surface area contributed by atoms with Gasteiger partial charge in [0.05, 0.1) is 13.5 Å². The van der Waals surface area contributed by atoms with Gasteiger partial charge in [-0.1, -0.05) is 29.8 Å². The predicted molar refractivity (Wildman–Crippen MR) is 101 cm³/mol. The fourth-order valence-corrected chi connectivity index (χ4v) is 3.22. The van der Waals surface area contributed by atoms with E-state index < -0.39 is 6.04 Å². The van der Waals surface area contributed by atoms with Crippen LogP contribution in [-0.4, -0.2) is 36.4 Å². The van der Waals surface area contributed by atoms with Crippen molar-refractivity contribution < 1.29 is 14.3 Å². The third-order valence-electron chi connectivity index (χ3n) is 4.71. The lowest BCUT2D eigenvalue weighted by Crippen LogP contribution is -2.43. The topological polar surface area (TPSA) is 58.6 Å². The molecule has 0 aromatic heterocycles. The van der Waals surface area contributed by atoms with Gasteiger partial charge >= 0.3 is 0 Å². The van der Waals surface area contributed by atoms with Gasteiger partial charge in [0, 0.05) is 12.2 Å². The van der Waals surface area contributed by atoms with Crippen LogP contribution in [0.25, 0.3) is 0 Å². The van der Waals surface area contributed by atoms with Gasteiger partial charge in [-0.05, 0) is 49.6 Å². The van der Waals surface area contributed by atoms with Crippen molar-refractivity contribution in [2.45, 2.75) is 32.2 Å². The Morgan fingerprint density at radius 2 is 1.81 bits per heavy atom. The molecule has 1 atom stereocenters. The molecule has 1 aliphatic rings.